The number of carbonyl (C=O) groups excluding carboxylic acids is 1. The van der Waals surface area contributed by atoms with Crippen LogP contribution in [0.15, 0.2) is 18.2 Å². The van der Waals surface area contributed by atoms with Crippen LogP contribution in [0.4, 0.5) is 11.4 Å². The number of hydrogen-bond donors (Lipinski definition) is 3. The SMILES string of the molecule is Nc1cc(N)cc(C(=O)NN2CCCCC2)c1. The number of anilines is 2. The first kappa shape index (κ1) is 11.7. The lowest BCUT2D eigenvalue weighted by Gasteiger charge is -2.26. The Morgan fingerprint density at radius 1 is 1.06 bits per heavy atom. The number of rotatable bonds is 2. The molecule has 0 unspecified atom stereocenters. The van der Waals surface area contributed by atoms with E-state index in [1.807, 2.05) is 5.01 Å². The molecule has 0 radical (unpaired) electrons. The topological polar surface area (TPSA) is 84.4 Å². The van der Waals surface area contributed by atoms with Crippen LogP contribution in [0.1, 0.15) is 29.6 Å². The lowest BCUT2D eigenvalue weighted by atomic mass is 10.1. The zero-order valence-corrected chi connectivity index (χ0v) is 9.78. The minimum atomic E-state index is -0.147. The van der Waals surface area contributed by atoms with E-state index in [1.165, 1.54) is 6.42 Å². The van der Waals surface area contributed by atoms with Gasteiger partial charge in [0.2, 0.25) is 0 Å². The van der Waals surface area contributed by atoms with Gasteiger partial charge in [-0.25, -0.2) is 5.01 Å². The zero-order chi connectivity index (χ0) is 12.3. The monoisotopic (exact) mass is 234 g/mol. The predicted molar refractivity (Wildman–Crippen MR) is 68.2 cm³/mol. The van der Waals surface area contributed by atoms with Crippen LogP contribution in [0.5, 0.6) is 0 Å². The molecule has 0 aliphatic carbocycles. The van der Waals surface area contributed by atoms with Crippen molar-refractivity contribution in [2.75, 3.05) is 24.6 Å². The summed E-state index contributed by atoms with van der Waals surface area (Å²) in [5.41, 5.74) is 15.7. The van der Waals surface area contributed by atoms with E-state index in [1.54, 1.807) is 18.2 Å². The van der Waals surface area contributed by atoms with Crippen molar-refractivity contribution >= 4 is 17.3 Å². The molecule has 1 amide bonds. The number of nitrogens with two attached hydrogens (primary N) is 2. The van der Waals surface area contributed by atoms with Crippen molar-refractivity contribution < 1.29 is 4.79 Å². The summed E-state index contributed by atoms with van der Waals surface area (Å²) in [6.07, 6.45) is 3.48. The fourth-order valence-electron chi connectivity index (χ4n) is 2.02. The van der Waals surface area contributed by atoms with E-state index in [9.17, 15) is 4.79 Å². The van der Waals surface area contributed by atoms with E-state index in [0.29, 0.717) is 16.9 Å². The Labute approximate surface area is 101 Å². The highest BCUT2D eigenvalue weighted by Gasteiger charge is 2.14. The van der Waals surface area contributed by atoms with Gasteiger partial charge in [-0.1, -0.05) is 6.42 Å². The first-order chi connectivity index (χ1) is 8.15. The Bertz CT molecular complexity index is 393. The number of piperidine rings is 1. The molecule has 0 aromatic heterocycles. The first-order valence-electron chi connectivity index (χ1n) is 5.87. The van der Waals surface area contributed by atoms with Crippen LogP contribution in [-0.2, 0) is 0 Å². The van der Waals surface area contributed by atoms with Gasteiger partial charge in [0.1, 0.15) is 0 Å². The summed E-state index contributed by atoms with van der Waals surface area (Å²) < 4.78 is 0. The molecule has 17 heavy (non-hydrogen) atoms. The second kappa shape index (κ2) is 5.05. The summed E-state index contributed by atoms with van der Waals surface area (Å²) >= 11 is 0. The lowest BCUT2D eigenvalue weighted by Crippen LogP contribution is -2.45. The molecule has 1 saturated heterocycles. The minimum Gasteiger partial charge on any atom is -0.399 e. The van der Waals surface area contributed by atoms with Crippen molar-refractivity contribution in [2.24, 2.45) is 0 Å². The molecule has 92 valence electrons. The Morgan fingerprint density at radius 3 is 2.24 bits per heavy atom. The minimum absolute atomic E-state index is 0.147. The van der Waals surface area contributed by atoms with Gasteiger partial charge in [0.15, 0.2) is 0 Å². The second-order valence-corrected chi connectivity index (χ2v) is 4.38. The van der Waals surface area contributed by atoms with Crippen LogP contribution >= 0.6 is 0 Å². The van der Waals surface area contributed by atoms with Gasteiger partial charge in [-0.3, -0.25) is 10.2 Å². The highest BCUT2D eigenvalue weighted by molar-refractivity contribution is 5.95. The summed E-state index contributed by atoms with van der Waals surface area (Å²) in [6, 6.07) is 4.91. The van der Waals surface area contributed by atoms with Gasteiger partial charge in [0, 0.05) is 30.0 Å². The van der Waals surface area contributed by atoms with Crippen LogP contribution in [-0.4, -0.2) is 24.0 Å². The lowest BCUT2D eigenvalue weighted by molar-refractivity contribution is 0.0750. The summed E-state index contributed by atoms with van der Waals surface area (Å²) in [7, 11) is 0. The predicted octanol–water partition coefficient (Wildman–Crippen LogP) is 0.982. The smallest absolute Gasteiger partial charge is 0.265 e. The fraction of sp³-hybridized carbons (Fsp3) is 0.417. The molecule has 1 aromatic rings. The number of amides is 1. The molecule has 0 saturated carbocycles. The van der Waals surface area contributed by atoms with E-state index in [-0.39, 0.29) is 5.91 Å². The standard InChI is InChI=1S/C12H18N4O/c13-10-6-9(7-11(14)8-10)12(17)15-16-4-2-1-3-5-16/h6-8H,1-5,13-14H2,(H,15,17). The van der Waals surface area contributed by atoms with Crippen molar-refractivity contribution in [3.8, 4) is 0 Å². The van der Waals surface area contributed by atoms with Gasteiger partial charge < -0.3 is 11.5 Å². The Morgan fingerprint density at radius 2 is 1.65 bits per heavy atom. The molecule has 5 heteroatoms. The molecular weight excluding hydrogens is 216 g/mol. The summed E-state index contributed by atoms with van der Waals surface area (Å²) in [4.78, 5) is 12.0. The van der Waals surface area contributed by atoms with E-state index in [0.717, 1.165) is 25.9 Å². The molecule has 1 aliphatic heterocycles. The quantitative estimate of drug-likeness (QED) is 0.666. The first-order valence-corrected chi connectivity index (χ1v) is 5.87. The molecule has 1 fully saturated rings. The number of hydrogen-bond acceptors (Lipinski definition) is 4. The molecule has 1 aliphatic rings. The maximum atomic E-state index is 12.0. The van der Waals surface area contributed by atoms with Gasteiger partial charge in [-0.05, 0) is 31.0 Å². The van der Waals surface area contributed by atoms with Crippen molar-refractivity contribution in [2.45, 2.75) is 19.3 Å². The average Bonchev–Trinajstić information content (AvgIpc) is 2.29. The van der Waals surface area contributed by atoms with Gasteiger partial charge in [-0.15, -0.1) is 0 Å². The van der Waals surface area contributed by atoms with Crippen LogP contribution in [0.3, 0.4) is 0 Å². The normalized spacial score (nSPS) is 16.7. The Balaban J connectivity index is 2.03. The molecule has 0 bridgehead atoms. The maximum absolute atomic E-state index is 12.0. The number of nitrogens with one attached hydrogen (secondary N) is 1. The Kier molecular flexibility index (Phi) is 3.49. The highest BCUT2D eigenvalue weighted by atomic mass is 16.2. The molecule has 2 rings (SSSR count). The fourth-order valence-corrected chi connectivity index (χ4v) is 2.02. The van der Waals surface area contributed by atoms with E-state index in [4.69, 9.17) is 11.5 Å². The maximum Gasteiger partial charge on any atom is 0.265 e. The van der Waals surface area contributed by atoms with Crippen LogP contribution < -0.4 is 16.9 Å². The van der Waals surface area contributed by atoms with E-state index < -0.39 is 0 Å². The number of nitrogens with zero attached hydrogens (tertiary/aromatic N) is 1. The average molecular weight is 234 g/mol. The third-order valence-corrected chi connectivity index (χ3v) is 2.86. The van der Waals surface area contributed by atoms with Crippen molar-refractivity contribution in [1.29, 1.82) is 0 Å². The van der Waals surface area contributed by atoms with Gasteiger partial charge >= 0.3 is 0 Å². The molecule has 0 atom stereocenters. The zero-order valence-electron chi connectivity index (χ0n) is 9.78. The molecule has 0 spiro atoms. The van der Waals surface area contributed by atoms with Crippen LogP contribution in [0.25, 0.3) is 0 Å². The van der Waals surface area contributed by atoms with E-state index in [2.05, 4.69) is 5.43 Å². The van der Waals surface area contributed by atoms with Crippen LogP contribution in [0, 0.1) is 0 Å². The largest absolute Gasteiger partial charge is 0.399 e. The summed E-state index contributed by atoms with van der Waals surface area (Å²) in [6.45, 7) is 1.81. The van der Waals surface area contributed by atoms with Crippen molar-refractivity contribution in [1.82, 2.24) is 10.4 Å². The van der Waals surface area contributed by atoms with E-state index >= 15 is 0 Å². The molecular formula is C12H18N4O. The number of benzene rings is 1. The molecule has 5 nitrogen and oxygen atoms in total. The van der Waals surface area contributed by atoms with Gasteiger partial charge in [0.25, 0.3) is 5.91 Å². The molecule has 5 N–H and O–H groups in total. The molecule has 1 heterocycles. The van der Waals surface area contributed by atoms with Gasteiger partial charge in [0.05, 0.1) is 0 Å². The van der Waals surface area contributed by atoms with Crippen molar-refractivity contribution in [3.05, 3.63) is 23.8 Å². The van der Waals surface area contributed by atoms with Gasteiger partial charge in [-0.2, -0.15) is 0 Å². The van der Waals surface area contributed by atoms with Crippen molar-refractivity contribution in [3.63, 3.8) is 0 Å². The highest BCUT2D eigenvalue weighted by Crippen LogP contribution is 2.14. The number of carbonyl (C=O) groups is 1. The third kappa shape index (κ3) is 3.10. The van der Waals surface area contributed by atoms with Crippen LogP contribution in [0.2, 0.25) is 0 Å². The summed E-state index contributed by atoms with van der Waals surface area (Å²) in [5, 5.41) is 1.95. The third-order valence-electron chi connectivity index (χ3n) is 2.86. The number of nitrogen functional groups attached to an aromatic ring is 2. The molecule has 1 aromatic carbocycles. The summed E-state index contributed by atoms with van der Waals surface area (Å²) in [5.74, 6) is -0.147. The Hall–Kier alpha value is -1.75. The second-order valence-electron chi connectivity index (χ2n) is 4.38. The number of hydrazine groups is 1.